The number of hydrogen-bond acceptors (Lipinski definition) is 0. The third kappa shape index (κ3) is 5.74. The van der Waals surface area contributed by atoms with Gasteiger partial charge in [-0.25, -0.2) is 0 Å². The summed E-state index contributed by atoms with van der Waals surface area (Å²) in [4.78, 5) is 0. The monoisotopic (exact) mass is 839 g/mol. The second-order valence-electron chi connectivity index (χ2n) is 30.7. The second kappa shape index (κ2) is 11.8. The van der Waals surface area contributed by atoms with Crippen LogP contribution in [0.3, 0.4) is 0 Å². The first-order valence-corrected chi connectivity index (χ1v) is 28.9. The van der Waals surface area contributed by atoms with Crippen molar-refractivity contribution in [3.8, 4) is 0 Å². The molecule has 60 heavy (non-hydrogen) atoms. The standard InChI is InChI=1S/C56H82B2P2/c1-45-13-37-14-46(2,25-45)30-53(21-37,29-45)59(54-22-38-15-47(3,31-54)26-48(4,16-38)32-54)43(57)41-9-11-42(12-10-41)44(58)60(55-23-39-17-49(5,33-55)27-50(6,18-39)34-55)56-24-40-19-51(7,35-56)28-52(8,20-40)36-56/h9-12,37-40,43-44H,13-36H2,1-8H3. The van der Waals surface area contributed by atoms with Crippen molar-refractivity contribution in [3.05, 3.63) is 35.4 Å². The molecule has 322 valence electrons. The zero-order valence-electron chi connectivity index (χ0n) is 39.8. The second-order valence-corrected chi connectivity index (χ2v) is 37.1. The van der Waals surface area contributed by atoms with Crippen LogP contribution in [-0.4, -0.2) is 36.3 Å². The Morgan fingerprint density at radius 1 is 0.333 bits per heavy atom. The summed E-state index contributed by atoms with van der Waals surface area (Å²) in [6, 6.07) is 10.4. The minimum atomic E-state index is -0.421. The van der Waals surface area contributed by atoms with Crippen molar-refractivity contribution in [2.75, 3.05) is 0 Å². The minimum absolute atomic E-state index is 0.185. The zero-order chi connectivity index (χ0) is 41.6. The first-order chi connectivity index (χ1) is 27.9. The van der Waals surface area contributed by atoms with Gasteiger partial charge < -0.3 is 0 Å². The van der Waals surface area contributed by atoms with Crippen molar-refractivity contribution >= 4 is 31.5 Å². The third-order valence-electron chi connectivity index (χ3n) is 22.6. The molecule has 4 radical (unpaired) electrons. The van der Waals surface area contributed by atoms with Crippen LogP contribution < -0.4 is 0 Å². The van der Waals surface area contributed by atoms with Crippen molar-refractivity contribution in [2.24, 2.45) is 67.0 Å². The molecule has 4 heteroatoms. The van der Waals surface area contributed by atoms with E-state index in [1.54, 1.807) is 0 Å². The van der Waals surface area contributed by atoms with Crippen LogP contribution in [0.5, 0.6) is 0 Å². The molecule has 16 fully saturated rings. The molecule has 0 saturated heterocycles. The maximum atomic E-state index is 8.21. The van der Waals surface area contributed by atoms with Gasteiger partial charge in [0.15, 0.2) is 0 Å². The summed E-state index contributed by atoms with van der Waals surface area (Å²) >= 11 is 0. The predicted octanol–water partition coefficient (Wildman–Crippen LogP) is 16.0. The van der Waals surface area contributed by atoms with Gasteiger partial charge in [0.05, 0.1) is 15.7 Å². The highest BCUT2D eigenvalue weighted by Gasteiger charge is 2.72. The van der Waals surface area contributed by atoms with E-state index >= 15 is 0 Å². The Labute approximate surface area is 373 Å². The molecule has 0 spiro atoms. The van der Waals surface area contributed by atoms with Gasteiger partial charge in [-0.2, -0.15) is 0 Å². The lowest BCUT2D eigenvalue weighted by atomic mass is 9.44. The van der Waals surface area contributed by atoms with E-state index in [2.05, 4.69) is 79.7 Å². The quantitative estimate of drug-likeness (QED) is 0.181. The molecule has 17 rings (SSSR count). The van der Waals surface area contributed by atoms with E-state index < -0.39 is 15.8 Å². The summed E-state index contributed by atoms with van der Waals surface area (Å²) in [7, 11) is 15.6. The van der Waals surface area contributed by atoms with Gasteiger partial charge in [0, 0.05) is 0 Å². The molecule has 0 amide bonds. The minimum Gasteiger partial charge on any atom is -0.0952 e. The van der Waals surface area contributed by atoms with Crippen LogP contribution in [0.25, 0.3) is 0 Å². The summed E-state index contributed by atoms with van der Waals surface area (Å²) in [6.07, 6.45) is 35.6. The Hall–Kier alpha value is 0.210. The molecule has 0 N–H and O–H groups in total. The molecular formula is C56H82B2P2. The summed E-state index contributed by atoms with van der Waals surface area (Å²) in [5, 5.41) is 1.81. The molecule has 1 aromatic rings. The number of benzene rings is 1. The van der Waals surface area contributed by atoms with E-state index in [1.807, 2.05) is 0 Å². The highest BCUT2D eigenvalue weighted by molar-refractivity contribution is 7.63. The first kappa shape index (κ1) is 40.5. The smallest absolute Gasteiger partial charge is 0.0827 e. The molecule has 16 bridgehead atoms. The Bertz CT molecular complexity index is 1680. The van der Waals surface area contributed by atoms with Crippen LogP contribution >= 0.6 is 15.8 Å². The summed E-state index contributed by atoms with van der Waals surface area (Å²) in [6.45, 7) is 21.9. The van der Waals surface area contributed by atoms with Crippen molar-refractivity contribution in [1.29, 1.82) is 0 Å². The first-order valence-electron chi connectivity index (χ1n) is 26.1. The number of hydrogen-bond donors (Lipinski definition) is 0. The lowest BCUT2D eigenvalue weighted by Gasteiger charge is -2.74. The number of rotatable bonds is 8. The molecule has 0 aliphatic heterocycles. The highest BCUT2D eigenvalue weighted by atomic mass is 31.1. The van der Waals surface area contributed by atoms with Gasteiger partial charge in [0.25, 0.3) is 0 Å². The summed E-state index contributed by atoms with van der Waals surface area (Å²) in [5.41, 5.74) is 7.53. The fraction of sp³-hybridized carbons (Fsp3) is 0.893. The topological polar surface area (TPSA) is 0 Å². The Balaban J connectivity index is 0.898. The Morgan fingerprint density at radius 2 is 0.517 bits per heavy atom. The fourth-order valence-corrected chi connectivity index (χ4v) is 37.5. The zero-order valence-corrected chi connectivity index (χ0v) is 41.6. The maximum absolute atomic E-state index is 8.21. The van der Waals surface area contributed by atoms with Crippen molar-refractivity contribution in [2.45, 2.75) is 241 Å². The highest BCUT2D eigenvalue weighted by Crippen LogP contribution is 2.89. The molecule has 16 aliphatic carbocycles. The lowest BCUT2D eigenvalue weighted by molar-refractivity contribution is -0.0929. The third-order valence-corrected chi connectivity index (χ3v) is 30.4. The van der Waals surface area contributed by atoms with Crippen molar-refractivity contribution in [1.82, 2.24) is 0 Å². The molecule has 16 aliphatic rings. The molecule has 10 unspecified atom stereocenters. The van der Waals surface area contributed by atoms with Crippen LogP contribution in [0.2, 0.25) is 0 Å². The Morgan fingerprint density at radius 3 is 0.683 bits per heavy atom. The van der Waals surface area contributed by atoms with E-state index in [1.165, 1.54) is 165 Å². The Kier molecular flexibility index (Phi) is 7.98. The van der Waals surface area contributed by atoms with Gasteiger partial charge in [-0.3, -0.25) is 0 Å². The van der Waals surface area contributed by atoms with Crippen LogP contribution in [0.4, 0.5) is 0 Å². The predicted molar refractivity (Wildman–Crippen MR) is 258 cm³/mol. The van der Waals surface area contributed by atoms with E-state index in [9.17, 15) is 0 Å². The van der Waals surface area contributed by atoms with E-state index in [4.69, 9.17) is 15.7 Å². The molecule has 0 aromatic heterocycles. The maximum Gasteiger partial charge on any atom is 0.0827 e. The SMILES string of the molecule is [B]C(c1ccc(C([B])P(C23CC4CC(C)(CC(C)(C4)C2)C3)C23CC4CC(C)(CC(C)(C4)C2)C3)cc1)P(C12CC3CC(C)(CC(C)(C3)C1)C2)C12CC3CC(C)(CC(C)(C3)C1)C2. The van der Waals surface area contributed by atoms with Gasteiger partial charge in [-0.05, 0) is 264 Å². The summed E-state index contributed by atoms with van der Waals surface area (Å²) < 4.78 is 0. The average molecular weight is 839 g/mol. The molecule has 0 nitrogen and oxygen atoms in total. The lowest BCUT2D eigenvalue weighted by Crippen LogP contribution is -2.63. The fourth-order valence-electron chi connectivity index (χ4n) is 26.0. The largest absolute Gasteiger partial charge is 0.0952 e. The van der Waals surface area contributed by atoms with Crippen LogP contribution in [0.15, 0.2) is 24.3 Å². The van der Waals surface area contributed by atoms with Gasteiger partial charge in [-0.15, -0.1) is 0 Å². The van der Waals surface area contributed by atoms with Gasteiger partial charge in [0.1, 0.15) is 0 Å². The molecule has 16 saturated carbocycles. The normalized spacial score (nSPS) is 60.4. The molecular weight excluding hydrogens is 756 g/mol. The van der Waals surface area contributed by atoms with Gasteiger partial charge >= 0.3 is 0 Å². The van der Waals surface area contributed by atoms with Crippen molar-refractivity contribution < 1.29 is 0 Å². The average Bonchev–Trinajstić information content (AvgIpc) is 3.01. The molecule has 0 heterocycles. The van der Waals surface area contributed by atoms with Crippen LogP contribution in [0, 0.1) is 67.0 Å². The van der Waals surface area contributed by atoms with E-state index in [0.29, 0.717) is 63.9 Å². The van der Waals surface area contributed by atoms with Crippen molar-refractivity contribution in [3.63, 3.8) is 0 Å². The van der Waals surface area contributed by atoms with Crippen LogP contribution in [-0.2, 0) is 0 Å². The molecule has 10 atom stereocenters. The summed E-state index contributed by atoms with van der Waals surface area (Å²) in [5.74, 6) is 3.71. The van der Waals surface area contributed by atoms with Gasteiger partial charge in [0.2, 0.25) is 0 Å². The van der Waals surface area contributed by atoms with E-state index in [-0.39, 0.29) is 11.1 Å². The molecule has 1 aromatic carbocycles. The van der Waals surface area contributed by atoms with Crippen LogP contribution in [0.1, 0.15) is 232 Å². The van der Waals surface area contributed by atoms with E-state index in [0.717, 1.165) is 23.7 Å². The van der Waals surface area contributed by atoms with Gasteiger partial charge in [-0.1, -0.05) is 95.5 Å².